The van der Waals surface area contributed by atoms with E-state index < -0.39 is 36.0 Å². The Hall–Kier alpha value is -8.61. The minimum absolute atomic E-state index is 0.0691. The van der Waals surface area contributed by atoms with E-state index in [0.29, 0.717) is 135 Å². The van der Waals surface area contributed by atoms with Crippen molar-refractivity contribution in [2.24, 2.45) is 5.73 Å². The van der Waals surface area contributed by atoms with Crippen LogP contribution in [0.15, 0.2) is 115 Å². The number of amides is 5. The Morgan fingerprint density at radius 1 is 0.557 bits per heavy atom. The molecule has 24 heteroatoms. The van der Waals surface area contributed by atoms with Gasteiger partial charge in [0.15, 0.2) is 11.6 Å². The lowest BCUT2D eigenvalue weighted by Gasteiger charge is -2.36. The number of halogens is 2. The SMILES string of the molecule is CCC(=S)NC[C@H]1CN(c2ccc(N3CCN(C(=O)CCC(=O)c4ccc(CN)cc4)CC3)c(F)c2)C(=O)O1.CCC(=S)NC[C@H]1CN(c2ccc(N3CCN(C(=O)CCC(=O)c4ccc(CNC(=O)OCc5ccccc5)cc4)CC3)c(F)c2)C(=O)O1. The molecule has 5 amide bonds. The number of thiocarbonyl (C=S) groups is 2. The summed E-state index contributed by atoms with van der Waals surface area (Å²) in [7, 11) is 0. The largest absolute Gasteiger partial charge is 0.445 e. The van der Waals surface area contributed by atoms with Crippen LogP contribution in [0.2, 0.25) is 0 Å². The van der Waals surface area contributed by atoms with E-state index in [0.717, 1.165) is 16.7 Å². The van der Waals surface area contributed by atoms with Gasteiger partial charge in [0.2, 0.25) is 11.8 Å². The predicted octanol–water partition coefficient (Wildman–Crippen LogP) is 8.46. The number of Topliss-reactive ketones (excluding diaryl/α,β-unsaturated/α-hetero) is 2. The smallest absolute Gasteiger partial charge is 0.414 e. The first-order valence-corrected chi connectivity index (χ1v) is 30.3. The standard InChI is InChI=1S/C36H40FN5O6S.C28H34FN5O4S/c1-2-33(49)38-22-29-23-42(36(46)48-29)28-12-13-31(30(37)20-28)40-16-18-41(19-17-40)34(44)15-14-32(43)27-10-8-25(9-11-27)21-39-35(45)47-24-26-6-4-3-5-7-26;1-2-26(39)31-17-22-18-34(28(37)38-22)21-7-8-24(23(29)15-21)32-11-13-33(14-12-32)27(36)10-9-25(35)20-5-3-19(16-30)4-6-20/h3-13,20,29H,2,14-19,21-24H2,1H3,(H,38,49)(H,39,45);3-8,15,22H,2,9-14,16-18,30H2,1H3,(H,31,39)/t29-;22-/m00/s1. The molecule has 0 saturated carbocycles. The average molecular weight is 1250 g/mol. The van der Waals surface area contributed by atoms with Gasteiger partial charge in [-0.15, -0.1) is 0 Å². The number of nitrogens with zero attached hydrogens (tertiary/aromatic N) is 6. The Bertz CT molecular complexity index is 3290. The number of alkyl carbamates (subject to hydrolysis) is 1. The van der Waals surface area contributed by atoms with Gasteiger partial charge >= 0.3 is 18.3 Å². The number of ether oxygens (including phenoxy) is 3. The molecule has 0 aromatic heterocycles. The van der Waals surface area contributed by atoms with Crippen LogP contribution in [-0.4, -0.2) is 152 Å². The van der Waals surface area contributed by atoms with Gasteiger partial charge in [0.1, 0.15) is 30.4 Å². The molecule has 5 N–H and O–H groups in total. The number of ketones is 2. The van der Waals surface area contributed by atoms with Crippen molar-refractivity contribution in [1.82, 2.24) is 25.8 Å². The van der Waals surface area contributed by atoms with E-state index in [1.165, 1.54) is 21.9 Å². The summed E-state index contributed by atoms with van der Waals surface area (Å²) in [4.78, 5) is 99.0. The number of nitrogens with two attached hydrogens (primary N) is 1. The highest BCUT2D eigenvalue weighted by atomic mass is 32.1. The summed E-state index contributed by atoms with van der Waals surface area (Å²) < 4.78 is 46.3. The monoisotopic (exact) mass is 1240 g/mol. The number of hydrogen-bond donors (Lipinski definition) is 4. The Morgan fingerprint density at radius 3 is 1.40 bits per heavy atom. The van der Waals surface area contributed by atoms with Crippen LogP contribution in [0.25, 0.3) is 0 Å². The van der Waals surface area contributed by atoms with Gasteiger partial charge in [-0.1, -0.05) is 117 Å². The predicted molar refractivity (Wildman–Crippen MR) is 339 cm³/mol. The minimum Gasteiger partial charge on any atom is -0.445 e. The third kappa shape index (κ3) is 18.2. The molecule has 4 heterocycles. The quantitative estimate of drug-likeness (QED) is 0.0273. The van der Waals surface area contributed by atoms with Crippen LogP contribution in [0, 0.1) is 11.6 Å². The highest BCUT2D eigenvalue weighted by Gasteiger charge is 2.35. The lowest BCUT2D eigenvalue weighted by molar-refractivity contribution is -0.132. The molecule has 5 aromatic carbocycles. The Balaban J connectivity index is 0.000000234. The minimum atomic E-state index is -0.534. The number of carbonyl (C=O) groups is 7. The molecule has 20 nitrogen and oxygen atoms in total. The van der Waals surface area contributed by atoms with Crippen LogP contribution in [-0.2, 0) is 43.5 Å². The second-order valence-corrected chi connectivity index (χ2v) is 22.4. The summed E-state index contributed by atoms with van der Waals surface area (Å²) in [5.41, 5.74) is 10.9. The third-order valence-electron chi connectivity index (χ3n) is 15.4. The van der Waals surface area contributed by atoms with Gasteiger partial charge < -0.3 is 55.5 Å². The van der Waals surface area contributed by atoms with Crippen molar-refractivity contribution >= 4 is 98.8 Å². The molecular formula is C64H74F2N10O10S2. The topological polar surface area (TPSA) is 229 Å². The highest BCUT2D eigenvalue weighted by Crippen LogP contribution is 2.31. The molecule has 88 heavy (non-hydrogen) atoms. The molecule has 9 rings (SSSR count). The summed E-state index contributed by atoms with van der Waals surface area (Å²) in [6, 6.07) is 32.7. The summed E-state index contributed by atoms with van der Waals surface area (Å²) >= 11 is 10.3. The molecule has 0 bridgehead atoms. The molecule has 4 aliphatic heterocycles. The summed E-state index contributed by atoms with van der Waals surface area (Å²) in [5.74, 6) is -1.36. The van der Waals surface area contributed by atoms with Gasteiger partial charge in [0.25, 0.3) is 0 Å². The van der Waals surface area contributed by atoms with Crippen LogP contribution in [0.3, 0.4) is 0 Å². The van der Waals surface area contributed by atoms with Crippen molar-refractivity contribution < 1.29 is 56.6 Å². The van der Waals surface area contributed by atoms with Gasteiger partial charge in [-0.3, -0.25) is 29.0 Å². The number of anilines is 4. The zero-order chi connectivity index (χ0) is 62.7. The van der Waals surface area contributed by atoms with Crippen molar-refractivity contribution in [2.45, 2.75) is 84.3 Å². The number of rotatable bonds is 23. The number of piperazine rings is 2. The van der Waals surface area contributed by atoms with Gasteiger partial charge in [-0.05, 0) is 65.9 Å². The number of hydrogen-bond acceptors (Lipinski definition) is 15. The first-order valence-electron chi connectivity index (χ1n) is 29.5. The molecule has 0 spiro atoms. The van der Waals surface area contributed by atoms with E-state index in [2.05, 4.69) is 16.0 Å². The van der Waals surface area contributed by atoms with Crippen molar-refractivity contribution in [1.29, 1.82) is 0 Å². The average Bonchev–Trinajstić information content (AvgIpc) is 3.38. The second-order valence-electron chi connectivity index (χ2n) is 21.4. The Morgan fingerprint density at radius 2 is 0.989 bits per heavy atom. The van der Waals surface area contributed by atoms with E-state index in [1.807, 2.05) is 66.1 Å². The molecule has 466 valence electrons. The van der Waals surface area contributed by atoms with E-state index >= 15 is 8.78 Å². The lowest BCUT2D eigenvalue weighted by atomic mass is 10.0. The summed E-state index contributed by atoms with van der Waals surface area (Å²) in [6.45, 7) is 9.59. The molecular weight excluding hydrogens is 1170 g/mol. The fourth-order valence-corrected chi connectivity index (χ4v) is 10.4. The van der Waals surface area contributed by atoms with Gasteiger partial charge in [0.05, 0.1) is 58.9 Å². The van der Waals surface area contributed by atoms with E-state index in [-0.39, 0.29) is 74.9 Å². The first-order chi connectivity index (χ1) is 42.5. The molecule has 4 aliphatic rings. The maximum absolute atomic E-state index is 15.2. The molecule has 0 unspecified atom stereocenters. The highest BCUT2D eigenvalue weighted by molar-refractivity contribution is 7.80. The molecule has 4 fully saturated rings. The second kappa shape index (κ2) is 31.9. The van der Waals surface area contributed by atoms with Crippen molar-refractivity contribution in [2.75, 3.05) is 98.1 Å². The fraction of sp³-hybridized carbons (Fsp3) is 0.391. The summed E-state index contributed by atoms with van der Waals surface area (Å²) in [5, 5.41) is 8.82. The summed E-state index contributed by atoms with van der Waals surface area (Å²) in [6.07, 6.45) is -0.531. The molecule has 0 aliphatic carbocycles. The van der Waals surface area contributed by atoms with Crippen LogP contribution in [0.1, 0.15) is 89.8 Å². The first kappa shape index (κ1) is 65.4. The van der Waals surface area contributed by atoms with Gasteiger partial charge in [0, 0.05) is 102 Å². The van der Waals surface area contributed by atoms with E-state index in [4.69, 9.17) is 44.4 Å². The number of nitrogens with one attached hydrogen (secondary N) is 3. The zero-order valence-electron chi connectivity index (χ0n) is 49.4. The fourth-order valence-electron chi connectivity index (χ4n) is 10.2. The maximum atomic E-state index is 15.2. The van der Waals surface area contributed by atoms with E-state index in [9.17, 15) is 33.6 Å². The normalized spacial score (nSPS) is 16.5. The third-order valence-corrected chi connectivity index (χ3v) is 16.3. The van der Waals surface area contributed by atoms with Crippen molar-refractivity contribution in [3.05, 3.63) is 155 Å². The maximum Gasteiger partial charge on any atom is 0.414 e. The molecule has 2 atom stereocenters. The molecule has 5 aromatic rings. The van der Waals surface area contributed by atoms with Crippen molar-refractivity contribution in [3.63, 3.8) is 0 Å². The van der Waals surface area contributed by atoms with Gasteiger partial charge in [-0.25, -0.2) is 23.2 Å². The Labute approximate surface area is 521 Å². The molecule has 0 radical (unpaired) electrons. The lowest BCUT2D eigenvalue weighted by Crippen LogP contribution is -2.49. The number of carbonyl (C=O) groups excluding carboxylic acids is 7. The van der Waals surface area contributed by atoms with Crippen LogP contribution in [0.4, 0.5) is 45.9 Å². The van der Waals surface area contributed by atoms with Crippen LogP contribution >= 0.6 is 24.4 Å². The van der Waals surface area contributed by atoms with Crippen LogP contribution in [0.5, 0.6) is 0 Å². The van der Waals surface area contributed by atoms with Crippen molar-refractivity contribution in [3.8, 4) is 0 Å². The zero-order valence-corrected chi connectivity index (χ0v) is 51.0. The molecule has 4 saturated heterocycles. The van der Waals surface area contributed by atoms with Gasteiger partial charge in [-0.2, -0.15) is 0 Å². The number of benzene rings is 5. The van der Waals surface area contributed by atoms with E-state index in [1.54, 1.807) is 70.5 Å². The van der Waals surface area contributed by atoms with Crippen LogP contribution < -0.4 is 41.3 Å². The number of cyclic esters (lactones) is 2. The Kier molecular flexibility index (Phi) is 23.7.